The highest BCUT2D eigenvalue weighted by atomic mass is 127. The minimum absolute atomic E-state index is 0. The molecule has 0 saturated carbocycles. The van der Waals surface area contributed by atoms with E-state index in [1.54, 1.807) is 0 Å². The zero-order chi connectivity index (χ0) is 21.3. The van der Waals surface area contributed by atoms with Crippen LogP contribution in [0.4, 0.5) is 5.82 Å². The zero-order valence-corrected chi connectivity index (χ0v) is 21.4. The van der Waals surface area contributed by atoms with Crippen LogP contribution in [0.2, 0.25) is 0 Å². The molecular weight excluding hydrogens is 505 g/mol. The van der Waals surface area contributed by atoms with Gasteiger partial charge in [-0.2, -0.15) is 0 Å². The first-order valence-electron chi connectivity index (χ1n) is 11.0. The van der Waals surface area contributed by atoms with Crippen LogP contribution in [-0.4, -0.2) is 60.3 Å². The van der Waals surface area contributed by atoms with E-state index >= 15 is 0 Å². The number of aliphatic imine (C=N–C) groups is 1. The smallest absolute Gasteiger partial charge is 0.191 e. The Kier molecular flexibility index (Phi) is 10.5. The predicted molar refractivity (Wildman–Crippen MR) is 136 cm³/mol. The number of likely N-dealkylation sites (N-methyl/N-ethyl adjacent to an activating group) is 1. The van der Waals surface area contributed by atoms with Crippen molar-refractivity contribution in [2.45, 2.75) is 46.7 Å². The molecule has 0 radical (unpaired) electrons. The van der Waals surface area contributed by atoms with E-state index in [1.165, 1.54) is 0 Å². The third kappa shape index (κ3) is 7.64. The topological polar surface area (TPSA) is 81.8 Å². The van der Waals surface area contributed by atoms with Gasteiger partial charge in [-0.05, 0) is 31.0 Å². The van der Waals surface area contributed by atoms with Crippen molar-refractivity contribution in [2.24, 2.45) is 4.99 Å². The van der Waals surface area contributed by atoms with Gasteiger partial charge in [0.1, 0.15) is 5.82 Å². The summed E-state index contributed by atoms with van der Waals surface area (Å²) in [6, 6.07) is 6.21. The van der Waals surface area contributed by atoms with Gasteiger partial charge in [-0.25, -0.2) is 9.98 Å². The van der Waals surface area contributed by atoms with Gasteiger partial charge in [-0.15, -0.1) is 24.0 Å². The van der Waals surface area contributed by atoms with Gasteiger partial charge in [0, 0.05) is 45.0 Å². The monoisotopic (exact) mass is 541 g/mol. The number of pyridine rings is 1. The molecule has 0 bridgehead atoms. The second-order valence-electron chi connectivity index (χ2n) is 7.87. The fraction of sp³-hybridized carbons (Fsp3) is 0.591. The summed E-state index contributed by atoms with van der Waals surface area (Å²) in [6.07, 6.45) is 1.93. The molecule has 0 atom stereocenters. The number of halogens is 1. The summed E-state index contributed by atoms with van der Waals surface area (Å²) in [6.45, 7) is 15.8. The Morgan fingerprint density at radius 2 is 1.94 bits per heavy atom. The number of anilines is 1. The van der Waals surface area contributed by atoms with Gasteiger partial charge < -0.3 is 25.0 Å². The summed E-state index contributed by atoms with van der Waals surface area (Å²) in [4.78, 5) is 14.2. The number of nitrogens with zero attached hydrogens (tertiary/aromatic N) is 5. The van der Waals surface area contributed by atoms with Gasteiger partial charge in [-0.1, -0.05) is 32.0 Å². The molecule has 0 aliphatic carbocycles. The van der Waals surface area contributed by atoms with Gasteiger partial charge in [0.05, 0.1) is 18.8 Å². The van der Waals surface area contributed by atoms with Gasteiger partial charge in [0.25, 0.3) is 0 Å². The van der Waals surface area contributed by atoms with Gasteiger partial charge in [-0.3, -0.25) is 0 Å². The fourth-order valence-corrected chi connectivity index (χ4v) is 3.36. The number of guanidine groups is 1. The normalized spacial score (nSPS) is 15.1. The fourth-order valence-electron chi connectivity index (χ4n) is 3.36. The molecule has 3 heterocycles. The number of nitrogens with one attached hydrogen (secondary N) is 2. The van der Waals surface area contributed by atoms with E-state index in [9.17, 15) is 0 Å². The molecule has 1 aliphatic heterocycles. The van der Waals surface area contributed by atoms with Gasteiger partial charge in [0.15, 0.2) is 11.7 Å². The van der Waals surface area contributed by atoms with Crippen molar-refractivity contribution in [2.75, 3.05) is 44.2 Å². The molecule has 0 spiro atoms. The minimum atomic E-state index is 0. The first-order chi connectivity index (χ1) is 14.6. The molecule has 2 N–H and O–H groups in total. The number of hydrogen-bond donors (Lipinski definition) is 2. The summed E-state index contributed by atoms with van der Waals surface area (Å²) < 4.78 is 5.39. The lowest BCUT2D eigenvalue weighted by molar-refractivity contribution is 0.270. The predicted octanol–water partition coefficient (Wildman–Crippen LogP) is 3.21. The van der Waals surface area contributed by atoms with Crippen molar-refractivity contribution < 1.29 is 4.52 Å². The van der Waals surface area contributed by atoms with E-state index < -0.39 is 0 Å². The van der Waals surface area contributed by atoms with E-state index in [0.29, 0.717) is 19.0 Å². The quantitative estimate of drug-likeness (QED) is 0.302. The Bertz CT molecular complexity index is 798. The molecule has 3 rings (SSSR count). The third-order valence-electron chi connectivity index (χ3n) is 5.32. The van der Waals surface area contributed by atoms with Crippen LogP contribution in [0.3, 0.4) is 0 Å². The largest absolute Gasteiger partial charge is 0.359 e. The van der Waals surface area contributed by atoms with Crippen LogP contribution in [-0.2, 0) is 13.1 Å². The van der Waals surface area contributed by atoms with Crippen LogP contribution in [0.15, 0.2) is 33.9 Å². The minimum Gasteiger partial charge on any atom is -0.359 e. The second kappa shape index (κ2) is 12.8. The summed E-state index contributed by atoms with van der Waals surface area (Å²) in [5, 5.41) is 10.7. The number of rotatable bonds is 8. The third-order valence-corrected chi connectivity index (χ3v) is 5.32. The molecule has 2 aromatic rings. The Labute approximate surface area is 202 Å². The number of aromatic nitrogens is 2. The van der Waals surface area contributed by atoms with E-state index in [4.69, 9.17) is 4.52 Å². The zero-order valence-electron chi connectivity index (χ0n) is 19.1. The lowest BCUT2D eigenvalue weighted by Crippen LogP contribution is -2.46. The molecule has 1 fully saturated rings. The SMILES string of the molecule is CCNC(=NCc1ccc(N2CCN(CC)CC2)nc1)NCc1cc(C(C)C)no1.I. The molecule has 1 aliphatic rings. The highest BCUT2D eigenvalue weighted by Gasteiger charge is 2.16. The van der Waals surface area contributed by atoms with E-state index in [2.05, 4.69) is 75.4 Å². The standard InChI is InChI=1S/C22H35N7O.HI/c1-5-23-22(26-16-19-13-20(17(3)4)27-30-19)25-15-18-7-8-21(24-14-18)29-11-9-28(6-2)10-12-29;/h7-8,13-14,17H,5-6,9-12,15-16H2,1-4H3,(H2,23,25,26);1H. The summed E-state index contributed by atoms with van der Waals surface area (Å²) in [5.74, 6) is 2.96. The maximum absolute atomic E-state index is 5.39. The number of piperazine rings is 1. The van der Waals surface area contributed by atoms with Crippen LogP contribution < -0.4 is 15.5 Å². The van der Waals surface area contributed by atoms with Crippen molar-refractivity contribution >= 4 is 35.8 Å². The second-order valence-corrected chi connectivity index (χ2v) is 7.87. The Hall–Kier alpha value is -1.88. The molecule has 0 aromatic carbocycles. The molecule has 172 valence electrons. The maximum Gasteiger partial charge on any atom is 0.191 e. The van der Waals surface area contributed by atoms with E-state index in [0.717, 1.165) is 68.1 Å². The lowest BCUT2D eigenvalue weighted by Gasteiger charge is -2.34. The summed E-state index contributed by atoms with van der Waals surface area (Å²) in [5.41, 5.74) is 2.06. The van der Waals surface area contributed by atoms with E-state index in [-0.39, 0.29) is 24.0 Å². The molecule has 8 nitrogen and oxygen atoms in total. The summed E-state index contributed by atoms with van der Waals surface area (Å²) >= 11 is 0. The van der Waals surface area contributed by atoms with Crippen LogP contribution in [0.1, 0.15) is 50.6 Å². The highest BCUT2D eigenvalue weighted by molar-refractivity contribution is 14.0. The van der Waals surface area contributed by atoms with Gasteiger partial charge >= 0.3 is 0 Å². The van der Waals surface area contributed by atoms with Crippen molar-refractivity contribution in [3.63, 3.8) is 0 Å². The molecular formula is C22H36IN7O. The van der Waals surface area contributed by atoms with Crippen LogP contribution in [0.25, 0.3) is 0 Å². The van der Waals surface area contributed by atoms with E-state index in [1.807, 2.05) is 12.3 Å². The lowest BCUT2D eigenvalue weighted by atomic mass is 10.1. The first kappa shape index (κ1) is 25.4. The van der Waals surface area contributed by atoms with Crippen LogP contribution >= 0.6 is 24.0 Å². The molecule has 31 heavy (non-hydrogen) atoms. The Morgan fingerprint density at radius 3 is 2.52 bits per heavy atom. The molecule has 0 amide bonds. The molecule has 9 heteroatoms. The molecule has 0 unspecified atom stereocenters. The van der Waals surface area contributed by atoms with Gasteiger partial charge in [0.2, 0.25) is 0 Å². The van der Waals surface area contributed by atoms with Crippen molar-refractivity contribution in [1.82, 2.24) is 25.7 Å². The summed E-state index contributed by atoms with van der Waals surface area (Å²) in [7, 11) is 0. The van der Waals surface area contributed by atoms with Crippen LogP contribution in [0.5, 0.6) is 0 Å². The van der Waals surface area contributed by atoms with Crippen LogP contribution in [0, 0.1) is 0 Å². The first-order valence-corrected chi connectivity index (χ1v) is 11.0. The maximum atomic E-state index is 5.39. The Morgan fingerprint density at radius 1 is 1.16 bits per heavy atom. The average Bonchev–Trinajstić information content (AvgIpc) is 3.26. The molecule has 2 aromatic heterocycles. The average molecular weight is 541 g/mol. The molecule has 1 saturated heterocycles. The number of hydrogen-bond acceptors (Lipinski definition) is 6. The highest BCUT2D eigenvalue weighted by Crippen LogP contribution is 2.15. The Balaban J connectivity index is 0.00000341. The van der Waals surface area contributed by atoms with Crippen molar-refractivity contribution in [3.05, 3.63) is 41.4 Å². The van der Waals surface area contributed by atoms with Crippen molar-refractivity contribution in [3.8, 4) is 0 Å². The van der Waals surface area contributed by atoms with Crippen molar-refractivity contribution in [1.29, 1.82) is 0 Å².